The number of hydrogen-bond donors (Lipinski definition) is 1. The van der Waals surface area contributed by atoms with Crippen LogP contribution in [-0.4, -0.2) is 17.6 Å². The van der Waals surface area contributed by atoms with E-state index in [2.05, 4.69) is 29.5 Å². The molecule has 3 aromatic rings. The lowest BCUT2D eigenvalue weighted by Gasteiger charge is -2.16. The Morgan fingerprint density at radius 1 is 1.14 bits per heavy atom. The monoisotopic (exact) mass is 378 g/mol. The first kappa shape index (κ1) is 19.7. The van der Waals surface area contributed by atoms with Gasteiger partial charge in [0.15, 0.2) is 0 Å². The number of carbonyl (C=O) groups excluding carboxylic acids is 1. The molecule has 0 saturated heterocycles. The second kappa shape index (κ2) is 9.22. The Hall–Kier alpha value is -3.08. The van der Waals surface area contributed by atoms with E-state index in [1.807, 2.05) is 44.2 Å². The summed E-state index contributed by atoms with van der Waals surface area (Å²) in [5, 5.41) is 6.97. The Kier molecular flexibility index (Phi) is 6.48. The molecule has 1 unspecified atom stereocenters. The molecular weight excluding hydrogens is 352 g/mol. The Balaban J connectivity index is 1.60. The van der Waals surface area contributed by atoms with E-state index in [9.17, 15) is 4.79 Å². The summed E-state index contributed by atoms with van der Waals surface area (Å²) in [5.74, 6) is 1.59. The zero-order chi connectivity index (χ0) is 19.9. The Morgan fingerprint density at radius 3 is 2.61 bits per heavy atom. The van der Waals surface area contributed by atoms with Crippen LogP contribution in [0.5, 0.6) is 5.75 Å². The average Bonchev–Trinajstić information content (AvgIpc) is 3.05. The van der Waals surface area contributed by atoms with E-state index in [1.54, 1.807) is 12.1 Å². The molecule has 3 rings (SSSR count). The third-order valence-electron chi connectivity index (χ3n) is 4.93. The van der Waals surface area contributed by atoms with Gasteiger partial charge in [0.1, 0.15) is 18.1 Å². The topological polar surface area (TPSA) is 64.4 Å². The second-order valence-corrected chi connectivity index (χ2v) is 6.85. The number of nitrogens with one attached hydrogen (secondary N) is 1. The summed E-state index contributed by atoms with van der Waals surface area (Å²) in [6, 6.07) is 17.5. The summed E-state index contributed by atoms with van der Waals surface area (Å²) in [4.78, 5) is 12.6. The van der Waals surface area contributed by atoms with E-state index in [1.165, 1.54) is 5.56 Å². The molecular formula is C23H26N2O3. The van der Waals surface area contributed by atoms with Crippen molar-refractivity contribution in [2.75, 3.05) is 6.54 Å². The highest BCUT2D eigenvalue weighted by Gasteiger charge is 2.13. The number of amides is 1. The molecule has 1 atom stereocenters. The fourth-order valence-electron chi connectivity index (χ4n) is 3.13. The van der Waals surface area contributed by atoms with Crippen LogP contribution in [0, 0.1) is 13.8 Å². The Morgan fingerprint density at radius 2 is 1.93 bits per heavy atom. The van der Waals surface area contributed by atoms with Crippen molar-refractivity contribution < 1.29 is 14.1 Å². The van der Waals surface area contributed by atoms with E-state index in [-0.39, 0.29) is 5.91 Å². The first-order valence-corrected chi connectivity index (χ1v) is 9.56. The lowest BCUT2D eigenvalue weighted by atomic mass is 9.96. The molecule has 1 amide bonds. The molecule has 0 aliphatic heterocycles. The number of hydrogen-bond acceptors (Lipinski definition) is 4. The van der Waals surface area contributed by atoms with Gasteiger partial charge in [0.2, 0.25) is 0 Å². The largest absolute Gasteiger partial charge is 0.489 e. The lowest BCUT2D eigenvalue weighted by molar-refractivity contribution is 0.0950. The number of aryl methyl sites for hydroxylation is 2. The van der Waals surface area contributed by atoms with E-state index < -0.39 is 0 Å². The van der Waals surface area contributed by atoms with Gasteiger partial charge in [0, 0.05) is 18.0 Å². The maximum absolute atomic E-state index is 12.6. The van der Waals surface area contributed by atoms with E-state index in [0.717, 1.165) is 23.4 Å². The Bertz CT molecular complexity index is 899. The molecule has 5 nitrogen and oxygen atoms in total. The zero-order valence-corrected chi connectivity index (χ0v) is 16.6. The molecule has 28 heavy (non-hydrogen) atoms. The van der Waals surface area contributed by atoms with Crippen molar-refractivity contribution in [2.45, 2.75) is 39.7 Å². The van der Waals surface area contributed by atoms with Crippen LogP contribution in [0.2, 0.25) is 0 Å². The van der Waals surface area contributed by atoms with E-state index in [4.69, 9.17) is 9.26 Å². The first-order chi connectivity index (χ1) is 13.6. The average molecular weight is 378 g/mol. The van der Waals surface area contributed by atoms with Crippen molar-refractivity contribution in [2.24, 2.45) is 0 Å². The van der Waals surface area contributed by atoms with Crippen molar-refractivity contribution in [1.29, 1.82) is 0 Å². The molecule has 0 bridgehead atoms. The van der Waals surface area contributed by atoms with Crippen LogP contribution in [-0.2, 0) is 6.61 Å². The summed E-state index contributed by atoms with van der Waals surface area (Å²) >= 11 is 0. The van der Waals surface area contributed by atoms with E-state index >= 15 is 0 Å². The van der Waals surface area contributed by atoms with Crippen LogP contribution in [0.25, 0.3) is 0 Å². The highest BCUT2D eigenvalue weighted by Crippen LogP contribution is 2.20. The number of ether oxygens (including phenoxy) is 1. The molecule has 0 aliphatic rings. The lowest BCUT2D eigenvalue weighted by Crippen LogP contribution is -2.28. The highest BCUT2D eigenvalue weighted by molar-refractivity contribution is 5.94. The van der Waals surface area contributed by atoms with Gasteiger partial charge in [-0.05, 0) is 44.0 Å². The minimum absolute atomic E-state index is 0.0998. The first-order valence-electron chi connectivity index (χ1n) is 9.56. The summed E-state index contributed by atoms with van der Waals surface area (Å²) in [7, 11) is 0. The van der Waals surface area contributed by atoms with Gasteiger partial charge in [0.25, 0.3) is 5.91 Å². The molecule has 5 heteroatoms. The number of benzene rings is 2. The minimum Gasteiger partial charge on any atom is -0.489 e. The SMILES string of the molecule is CCC(CNC(=O)c1cccc(OCc2c(C)noc2C)c1)c1ccccc1. The molecule has 0 saturated carbocycles. The van der Waals surface area contributed by atoms with E-state index in [0.29, 0.717) is 30.4 Å². The molecule has 1 aromatic heterocycles. The molecule has 0 aliphatic carbocycles. The predicted octanol–water partition coefficient (Wildman–Crippen LogP) is 4.79. The van der Waals surface area contributed by atoms with Crippen molar-refractivity contribution in [3.05, 3.63) is 82.7 Å². The molecule has 0 radical (unpaired) electrons. The number of carbonyl (C=O) groups is 1. The van der Waals surface area contributed by atoms with Gasteiger partial charge in [-0.15, -0.1) is 0 Å². The zero-order valence-electron chi connectivity index (χ0n) is 16.6. The fourth-order valence-corrected chi connectivity index (χ4v) is 3.13. The van der Waals surface area contributed by atoms with Gasteiger partial charge in [-0.25, -0.2) is 0 Å². The third kappa shape index (κ3) is 4.80. The number of nitrogens with zero attached hydrogens (tertiary/aromatic N) is 1. The van der Waals surface area contributed by atoms with Crippen LogP contribution in [0.1, 0.15) is 52.2 Å². The van der Waals surface area contributed by atoms with Crippen LogP contribution in [0.3, 0.4) is 0 Å². The van der Waals surface area contributed by atoms with Crippen molar-refractivity contribution >= 4 is 5.91 Å². The third-order valence-corrected chi connectivity index (χ3v) is 4.93. The van der Waals surface area contributed by atoms with Crippen molar-refractivity contribution in [3.63, 3.8) is 0 Å². The van der Waals surface area contributed by atoms with Crippen LogP contribution in [0.4, 0.5) is 0 Å². The van der Waals surface area contributed by atoms with Gasteiger partial charge in [0.05, 0.1) is 11.3 Å². The molecule has 2 aromatic carbocycles. The number of rotatable bonds is 8. The molecule has 1 heterocycles. The second-order valence-electron chi connectivity index (χ2n) is 6.85. The molecule has 146 valence electrons. The molecule has 0 spiro atoms. The van der Waals surface area contributed by atoms with Gasteiger partial charge in [-0.1, -0.05) is 48.5 Å². The summed E-state index contributed by atoms with van der Waals surface area (Å²) < 4.78 is 11.0. The van der Waals surface area contributed by atoms with Gasteiger partial charge in [-0.2, -0.15) is 0 Å². The molecule has 1 N–H and O–H groups in total. The summed E-state index contributed by atoms with van der Waals surface area (Å²) in [5.41, 5.74) is 3.57. The Labute approximate surface area is 165 Å². The highest BCUT2D eigenvalue weighted by atomic mass is 16.5. The summed E-state index contributed by atoms with van der Waals surface area (Å²) in [6.07, 6.45) is 0.963. The van der Waals surface area contributed by atoms with Gasteiger partial charge < -0.3 is 14.6 Å². The van der Waals surface area contributed by atoms with Crippen molar-refractivity contribution in [1.82, 2.24) is 10.5 Å². The van der Waals surface area contributed by atoms with Crippen LogP contribution < -0.4 is 10.1 Å². The predicted molar refractivity (Wildman–Crippen MR) is 109 cm³/mol. The smallest absolute Gasteiger partial charge is 0.251 e. The normalized spacial score (nSPS) is 11.8. The summed E-state index contributed by atoms with van der Waals surface area (Å²) in [6.45, 7) is 6.84. The maximum Gasteiger partial charge on any atom is 0.251 e. The number of aromatic nitrogens is 1. The van der Waals surface area contributed by atoms with Gasteiger partial charge >= 0.3 is 0 Å². The van der Waals surface area contributed by atoms with Crippen LogP contribution in [0.15, 0.2) is 59.1 Å². The van der Waals surface area contributed by atoms with Gasteiger partial charge in [-0.3, -0.25) is 4.79 Å². The van der Waals surface area contributed by atoms with Crippen molar-refractivity contribution in [3.8, 4) is 5.75 Å². The standard InChI is InChI=1S/C23H26N2O3/c1-4-18(19-9-6-5-7-10-19)14-24-23(26)20-11-8-12-21(13-20)27-15-22-16(2)25-28-17(22)3/h5-13,18H,4,14-15H2,1-3H3,(H,24,26). The quantitative estimate of drug-likeness (QED) is 0.612. The fraction of sp³-hybridized carbons (Fsp3) is 0.304. The van der Waals surface area contributed by atoms with Crippen LogP contribution >= 0.6 is 0 Å². The molecule has 0 fully saturated rings. The minimum atomic E-state index is -0.0998. The maximum atomic E-state index is 12.6.